The molecular formula is C10H13N3. The summed E-state index contributed by atoms with van der Waals surface area (Å²) >= 11 is 0. The Morgan fingerprint density at radius 3 is 2.92 bits per heavy atom. The lowest BCUT2D eigenvalue weighted by Gasteiger charge is -1.94. The molecule has 0 radical (unpaired) electrons. The third-order valence-electron chi connectivity index (χ3n) is 1.58. The molecule has 0 bridgehead atoms. The summed E-state index contributed by atoms with van der Waals surface area (Å²) in [6, 6.07) is 0. The van der Waals surface area contributed by atoms with Gasteiger partial charge in [-0.15, -0.1) is 0 Å². The van der Waals surface area contributed by atoms with Gasteiger partial charge in [-0.3, -0.25) is 4.99 Å². The van der Waals surface area contributed by atoms with Crippen LogP contribution in [0.1, 0.15) is 11.5 Å². The fraction of sp³-hybridized carbons (Fsp3) is 0.200. The summed E-state index contributed by atoms with van der Waals surface area (Å²) in [6.45, 7) is 5.56. The van der Waals surface area contributed by atoms with E-state index in [-0.39, 0.29) is 0 Å². The molecule has 0 saturated carbocycles. The van der Waals surface area contributed by atoms with E-state index in [2.05, 4.69) is 21.5 Å². The van der Waals surface area contributed by atoms with Gasteiger partial charge in [0.15, 0.2) is 0 Å². The average molecular weight is 175 g/mol. The number of nitrogens with one attached hydrogen (secondary N) is 1. The Kier molecular flexibility index (Phi) is 3.20. The maximum Gasteiger partial charge on any atom is 0.103 e. The molecule has 3 nitrogen and oxygen atoms in total. The predicted octanol–water partition coefficient (Wildman–Crippen LogP) is 1.99. The first-order chi connectivity index (χ1) is 6.27. The summed E-state index contributed by atoms with van der Waals surface area (Å²) in [5, 5.41) is 0. The highest BCUT2D eigenvalue weighted by molar-refractivity contribution is 6.09. The molecule has 0 spiro atoms. The first-order valence-electron chi connectivity index (χ1n) is 4.04. The van der Waals surface area contributed by atoms with Crippen LogP contribution in [0.25, 0.3) is 5.57 Å². The number of hydrogen-bond donors (Lipinski definition) is 1. The van der Waals surface area contributed by atoms with Crippen LogP contribution in [0, 0.1) is 6.92 Å². The number of nitrogens with zero attached hydrogens (tertiary/aromatic N) is 2. The molecule has 1 heterocycles. The summed E-state index contributed by atoms with van der Waals surface area (Å²) in [5.41, 5.74) is 1.95. The van der Waals surface area contributed by atoms with Crippen LogP contribution in [0.3, 0.4) is 0 Å². The minimum absolute atomic E-state index is 0.898. The molecule has 0 aromatic carbocycles. The van der Waals surface area contributed by atoms with Crippen molar-refractivity contribution in [1.29, 1.82) is 0 Å². The van der Waals surface area contributed by atoms with Crippen molar-refractivity contribution in [3.8, 4) is 0 Å². The van der Waals surface area contributed by atoms with Crippen molar-refractivity contribution >= 4 is 11.8 Å². The number of aromatic amines is 1. The summed E-state index contributed by atoms with van der Waals surface area (Å²) in [4.78, 5) is 11.2. The van der Waals surface area contributed by atoms with Gasteiger partial charge in [0, 0.05) is 18.8 Å². The van der Waals surface area contributed by atoms with Gasteiger partial charge in [-0.05, 0) is 6.92 Å². The molecule has 13 heavy (non-hydrogen) atoms. The molecule has 0 atom stereocenters. The van der Waals surface area contributed by atoms with Crippen LogP contribution in [-0.4, -0.2) is 23.2 Å². The summed E-state index contributed by atoms with van der Waals surface area (Å²) in [6.07, 6.45) is 7.17. The Labute approximate surface area is 77.9 Å². The van der Waals surface area contributed by atoms with Crippen LogP contribution in [0.2, 0.25) is 0 Å². The van der Waals surface area contributed by atoms with Crippen LogP contribution in [0.5, 0.6) is 0 Å². The zero-order chi connectivity index (χ0) is 9.68. The molecule has 3 heteroatoms. The fourth-order valence-electron chi connectivity index (χ4n) is 1.04. The number of aliphatic imine (C=N–C) groups is 1. The molecule has 0 amide bonds. The van der Waals surface area contributed by atoms with E-state index in [1.807, 2.05) is 13.0 Å². The Morgan fingerprint density at radius 1 is 1.69 bits per heavy atom. The Bertz CT molecular complexity index is 345. The predicted molar refractivity (Wildman–Crippen MR) is 55.9 cm³/mol. The monoisotopic (exact) mass is 175 g/mol. The van der Waals surface area contributed by atoms with Gasteiger partial charge in [0.2, 0.25) is 0 Å². The Morgan fingerprint density at radius 2 is 2.46 bits per heavy atom. The van der Waals surface area contributed by atoms with Gasteiger partial charge in [0.25, 0.3) is 0 Å². The summed E-state index contributed by atoms with van der Waals surface area (Å²) in [7, 11) is 1.74. The minimum atomic E-state index is 0.898. The van der Waals surface area contributed by atoms with Crippen molar-refractivity contribution in [2.45, 2.75) is 6.92 Å². The lowest BCUT2D eigenvalue weighted by Crippen LogP contribution is -1.85. The number of hydrogen-bond acceptors (Lipinski definition) is 2. The fourth-order valence-corrected chi connectivity index (χ4v) is 1.04. The lowest BCUT2D eigenvalue weighted by atomic mass is 10.2. The van der Waals surface area contributed by atoms with Gasteiger partial charge < -0.3 is 4.98 Å². The van der Waals surface area contributed by atoms with E-state index in [9.17, 15) is 0 Å². The van der Waals surface area contributed by atoms with E-state index >= 15 is 0 Å². The average Bonchev–Trinajstić information content (AvgIpc) is 2.51. The number of rotatable bonds is 3. The van der Waals surface area contributed by atoms with E-state index in [4.69, 9.17) is 0 Å². The molecule has 0 unspecified atom stereocenters. The first-order valence-corrected chi connectivity index (χ1v) is 4.04. The number of imidazole rings is 1. The molecule has 0 saturated heterocycles. The minimum Gasteiger partial charge on any atom is -0.342 e. The van der Waals surface area contributed by atoms with Gasteiger partial charge in [0.1, 0.15) is 5.82 Å². The van der Waals surface area contributed by atoms with Gasteiger partial charge in [0.05, 0.1) is 11.9 Å². The van der Waals surface area contributed by atoms with Crippen molar-refractivity contribution in [3.05, 3.63) is 36.4 Å². The number of allylic oxidation sites excluding steroid dienone is 3. The summed E-state index contributed by atoms with van der Waals surface area (Å²) in [5.74, 6) is 0.898. The Hall–Kier alpha value is -1.64. The second kappa shape index (κ2) is 4.40. The van der Waals surface area contributed by atoms with Crippen molar-refractivity contribution in [3.63, 3.8) is 0 Å². The van der Waals surface area contributed by atoms with Crippen LogP contribution in [-0.2, 0) is 0 Å². The molecule has 0 aliphatic rings. The smallest absolute Gasteiger partial charge is 0.103 e. The highest BCUT2D eigenvalue weighted by atomic mass is 14.9. The molecule has 0 aliphatic carbocycles. The number of aromatic nitrogens is 2. The topological polar surface area (TPSA) is 41.0 Å². The molecule has 0 aliphatic heterocycles. The normalized spacial score (nSPS) is 12.3. The maximum atomic E-state index is 4.11. The van der Waals surface area contributed by atoms with Gasteiger partial charge in [-0.2, -0.15) is 0 Å². The van der Waals surface area contributed by atoms with Crippen molar-refractivity contribution < 1.29 is 0 Å². The molecule has 68 valence electrons. The third-order valence-corrected chi connectivity index (χ3v) is 1.58. The van der Waals surface area contributed by atoms with Crippen LogP contribution in [0.4, 0.5) is 0 Å². The Balaban J connectivity index is 3.01. The lowest BCUT2D eigenvalue weighted by molar-refractivity contribution is 1.14. The number of H-pyrrole nitrogens is 1. The van der Waals surface area contributed by atoms with Crippen molar-refractivity contribution in [2.24, 2.45) is 4.99 Å². The number of aryl methyl sites for hydroxylation is 1. The quantitative estimate of drug-likeness (QED) is 0.554. The molecule has 1 rings (SSSR count). The molecule has 1 aromatic rings. The summed E-state index contributed by atoms with van der Waals surface area (Å²) < 4.78 is 0. The first kappa shape index (κ1) is 9.45. The highest BCUT2D eigenvalue weighted by Gasteiger charge is 1.99. The standard InChI is InChI=1S/C10H13N3/c1-4-5-9(6-11-3)10-7-12-8(2)13-10/h4-7H,1H2,2-3H3,(H,12,13)/b9-5+,11-6?. The van der Waals surface area contributed by atoms with Crippen molar-refractivity contribution in [1.82, 2.24) is 9.97 Å². The van der Waals surface area contributed by atoms with Crippen molar-refractivity contribution in [2.75, 3.05) is 7.05 Å². The van der Waals surface area contributed by atoms with Crippen LogP contribution >= 0.6 is 0 Å². The maximum absolute atomic E-state index is 4.11. The third kappa shape index (κ3) is 2.40. The SMILES string of the molecule is C=C/C=C(\C=NC)c1cnc(C)[nH]1. The highest BCUT2D eigenvalue weighted by Crippen LogP contribution is 2.09. The van der Waals surface area contributed by atoms with E-state index in [1.165, 1.54) is 0 Å². The van der Waals surface area contributed by atoms with Gasteiger partial charge in [-0.1, -0.05) is 18.7 Å². The van der Waals surface area contributed by atoms with E-state index in [1.54, 1.807) is 25.5 Å². The van der Waals surface area contributed by atoms with E-state index < -0.39 is 0 Å². The zero-order valence-electron chi connectivity index (χ0n) is 7.91. The van der Waals surface area contributed by atoms with Crippen LogP contribution < -0.4 is 0 Å². The molecular weight excluding hydrogens is 162 g/mol. The van der Waals surface area contributed by atoms with E-state index in [0.717, 1.165) is 17.1 Å². The van der Waals surface area contributed by atoms with Gasteiger partial charge >= 0.3 is 0 Å². The van der Waals surface area contributed by atoms with Gasteiger partial charge in [-0.25, -0.2) is 4.98 Å². The second-order valence-electron chi connectivity index (χ2n) is 2.63. The van der Waals surface area contributed by atoms with E-state index in [0.29, 0.717) is 0 Å². The second-order valence-corrected chi connectivity index (χ2v) is 2.63. The molecule has 0 fully saturated rings. The molecule has 1 N–H and O–H groups in total. The molecule has 1 aromatic heterocycles. The zero-order valence-corrected chi connectivity index (χ0v) is 7.91. The largest absolute Gasteiger partial charge is 0.342 e. The van der Waals surface area contributed by atoms with Crippen LogP contribution in [0.15, 0.2) is 29.9 Å².